The zero-order valence-electron chi connectivity index (χ0n) is 7.34. The summed E-state index contributed by atoms with van der Waals surface area (Å²) < 4.78 is 4.73. The Morgan fingerprint density at radius 3 is 2.64 bits per heavy atom. The summed E-state index contributed by atoms with van der Waals surface area (Å²) >= 11 is 0. The highest BCUT2D eigenvalue weighted by Crippen LogP contribution is 2.12. The van der Waals surface area contributed by atoms with Gasteiger partial charge in [-0.1, -0.05) is 0 Å². The number of hydrogen-bond donors (Lipinski definition) is 3. The first-order chi connectivity index (χ1) is 6.56. The van der Waals surface area contributed by atoms with Crippen molar-refractivity contribution in [2.45, 2.75) is 0 Å². The summed E-state index contributed by atoms with van der Waals surface area (Å²) in [6, 6.07) is 1.21. The van der Waals surface area contributed by atoms with E-state index in [9.17, 15) is 4.79 Å². The quantitative estimate of drug-likeness (QED) is 0.508. The summed E-state index contributed by atoms with van der Waals surface area (Å²) in [4.78, 5) is 14.1. The van der Waals surface area contributed by atoms with E-state index in [0.29, 0.717) is 0 Å². The van der Waals surface area contributed by atoms with E-state index in [0.717, 1.165) is 6.20 Å². The van der Waals surface area contributed by atoms with Crippen LogP contribution in [0.15, 0.2) is 12.3 Å². The van der Waals surface area contributed by atoms with Crippen LogP contribution in [0.1, 0.15) is 10.5 Å². The van der Waals surface area contributed by atoms with Crippen molar-refractivity contribution in [1.82, 2.24) is 4.98 Å². The molecule has 6 nitrogen and oxygen atoms in total. The average molecular weight is 197 g/mol. The van der Waals surface area contributed by atoms with Crippen molar-refractivity contribution in [2.24, 2.45) is 0 Å². The summed E-state index contributed by atoms with van der Waals surface area (Å²) in [6.07, 6.45) is 1.07. The third kappa shape index (κ3) is 2.01. The average Bonchev–Trinajstić information content (AvgIpc) is 2.16. The molecule has 1 aromatic heterocycles. The molecule has 0 aliphatic heterocycles. The van der Waals surface area contributed by atoms with E-state index in [1.807, 2.05) is 0 Å². The predicted octanol–water partition coefficient (Wildman–Crippen LogP) is -1.53. The maximum absolute atomic E-state index is 10.6. The minimum Gasteiger partial charge on any atom is -0.494 e. The zero-order valence-corrected chi connectivity index (χ0v) is 7.34. The smallest absolute Gasteiger partial charge is 0.490 e. The standard InChI is InChI=1S/C7H8BNO5/c1-14-5-2-4(8(12)13)3-9-6(5)7(10)11/h2-3,12-13H,1H3,(H,10,11). The molecule has 0 spiro atoms. The van der Waals surface area contributed by atoms with Crippen LogP contribution in [-0.4, -0.2) is 40.3 Å². The maximum atomic E-state index is 10.6. The van der Waals surface area contributed by atoms with Gasteiger partial charge in [0.25, 0.3) is 0 Å². The van der Waals surface area contributed by atoms with Gasteiger partial charge in [-0.15, -0.1) is 0 Å². The molecule has 0 radical (unpaired) electrons. The second-order valence-electron chi connectivity index (χ2n) is 2.50. The second kappa shape index (κ2) is 4.08. The highest BCUT2D eigenvalue weighted by atomic mass is 16.5. The van der Waals surface area contributed by atoms with Crippen LogP contribution in [-0.2, 0) is 0 Å². The van der Waals surface area contributed by atoms with Crippen molar-refractivity contribution in [3.05, 3.63) is 18.0 Å². The molecule has 0 aliphatic rings. The Kier molecular flexibility index (Phi) is 3.05. The molecular formula is C7H8BNO5. The lowest BCUT2D eigenvalue weighted by Crippen LogP contribution is -2.30. The Morgan fingerprint density at radius 1 is 1.57 bits per heavy atom. The van der Waals surface area contributed by atoms with Crippen molar-refractivity contribution < 1.29 is 24.7 Å². The number of aromatic nitrogens is 1. The monoisotopic (exact) mass is 197 g/mol. The third-order valence-electron chi connectivity index (χ3n) is 1.59. The largest absolute Gasteiger partial charge is 0.494 e. The van der Waals surface area contributed by atoms with Gasteiger partial charge in [-0.3, -0.25) is 0 Å². The fourth-order valence-electron chi connectivity index (χ4n) is 0.917. The van der Waals surface area contributed by atoms with Crippen LogP contribution in [0.2, 0.25) is 0 Å². The third-order valence-corrected chi connectivity index (χ3v) is 1.59. The van der Waals surface area contributed by atoms with Crippen LogP contribution in [0, 0.1) is 0 Å². The van der Waals surface area contributed by atoms with Crippen molar-refractivity contribution in [3.8, 4) is 5.75 Å². The molecule has 0 saturated carbocycles. The fourth-order valence-corrected chi connectivity index (χ4v) is 0.917. The second-order valence-corrected chi connectivity index (χ2v) is 2.50. The summed E-state index contributed by atoms with van der Waals surface area (Å²) in [6.45, 7) is 0. The Balaban J connectivity index is 3.18. The summed E-state index contributed by atoms with van der Waals surface area (Å²) in [7, 11) is -0.420. The molecule has 0 bridgehead atoms. The van der Waals surface area contributed by atoms with Crippen LogP contribution in [0.3, 0.4) is 0 Å². The van der Waals surface area contributed by atoms with E-state index in [1.54, 1.807) is 0 Å². The topological polar surface area (TPSA) is 99.9 Å². The lowest BCUT2D eigenvalue weighted by Gasteiger charge is -2.05. The van der Waals surface area contributed by atoms with Crippen LogP contribution in [0.4, 0.5) is 0 Å². The van der Waals surface area contributed by atoms with E-state index < -0.39 is 13.1 Å². The number of pyridine rings is 1. The fraction of sp³-hybridized carbons (Fsp3) is 0.143. The van der Waals surface area contributed by atoms with Gasteiger partial charge in [-0.25, -0.2) is 9.78 Å². The van der Waals surface area contributed by atoms with E-state index in [1.165, 1.54) is 13.2 Å². The van der Waals surface area contributed by atoms with E-state index in [2.05, 4.69) is 4.98 Å². The molecule has 1 rings (SSSR count). The molecule has 7 heteroatoms. The SMILES string of the molecule is COc1cc(B(O)O)cnc1C(=O)O. The molecule has 0 aliphatic carbocycles. The Hall–Kier alpha value is -1.60. The lowest BCUT2D eigenvalue weighted by atomic mass is 9.81. The molecule has 0 saturated heterocycles. The minimum atomic E-state index is -1.70. The first-order valence-electron chi connectivity index (χ1n) is 3.69. The number of carboxylic acid groups (broad SMARTS) is 1. The van der Waals surface area contributed by atoms with Gasteiger partial charge in [0.2, 0.25) is 0 Å². The Morgan fingerprint density at radius 2 is 2.21 bits per heavy atom. The van der Waals surface area contributed by atoms with Crippen molar-refractivity contribution in [3.63, 3.8) is 0 Å². The van der Waals surface area contributed by atoms with Crippen LogP contribution in [0.5, 0.6) is 5.75 Å². The molecule has 0 aromatic carbocycles. The molecule has 1 heterocycles. The van der Waals surface area contributed by atoms with Crippen LogP contribution in [0.25, 0.3) is 0 Å². The van der Waals surface area contributed by atoms with Gasteiger partial charge in [0.1, 0.15) is 0 Å². The van der Waals surface area contributed by atoms with Gasteiger partial charge in [-0.2, -0.15) is 0 Å². The molecule has 74 valence electrons. The maximum Gasteiger partial charge on any atom is 0.490 e. The van der Waals surface area contributed by atoms with E-state index >= 15 is 0 Å². The summed E-state index contributed by atoms with van der Waals surface area (Å²) in [5.74, 6) is -1.25. The molecule has 0 atom stereocenters. The first-order valence-corrected chi connectivity index (χ1v) is 3.69. The molecule has 3 N–H and O–H groups in total. The van der Waals surface area contributed by atoms with Gasteiger partial charge in [-0.05, 0) is 6.07 Å². The molecule has 0 amide bonds. The van der Waals surface area contributed by atoms with Crippen molar-refractivity contribution in [1.29, 1.82) is 0 Å². The van der Waals surface area contributed by atoms with Gasteiger partial charge in [0, 0.05) is 11.7 Å². The Labute approximate surface area is 79.9 Å². The summed E-state index contributed by atoms with van der Waals surface area (Å²) in [5, 5.41) is 26.2. The molecule has 14 heavy (non-hydrogen) atoms. The number of ether oxygens (including phenoxy) is 1. The van der Waals surface area contributed by atoms with Gasteiger partial charge >= 0.3 is 13.1 Å². The van der Waals surface area contributed by atoms with Crippen molar-refractivity contribution >= 4 is 18.6 Å². The first kappa shape index (κ1) is 10.5. The van der Waals surface area contributed by atoms with Crippen molar-refractivity contribution in [2.75, 3.05) is 7.11 Å². The highest BCUT2D eigenvalue weighted by Gasteiger charge is 2.18. The number of methoxy groups -OCH3 is 1. The number of nitrogens with zero attached hydrogens (tertiary/aromatic N) is 1. The summed E-state index contributed by atoms with van der Waals surface area (Å²) in [5.41, 5.74) is -0.191. The number of rotatable bonds is 3. The van der Waals surface area contributed by atoms with Gasteiger partial charge < -0.3 is 19.9 Å². The molecular weight excluding hydrogens is 189 g/mol. The zero-order chi connectivity index (χ0) is 10.7. The van der Waals surface area contributed by atoms with Crippen LogP contribution < -0.4 is 10.2 Å². The highest BCUT2D eigenvalue weighted by molar-refractivity contribution is 6.58. The number of carbonyl (C=O) groups is 1. The number of carboxylic acids is 1. The van der Waals surface area contributed by atoms with E-state index in [4.69, 9.17) is 19.9 Å². The van der Waals surface area contributed by atoms with Crippen LogP contribution >= 0.6 is 0 Å². The van der Waals surface area contributed by atoms with Gasteiger partial charge in [0.05, 0.1) is 7.11 Å². The number of hydrogen-bond acceptors (Lipinski definition) is 5. The van der Waals surface area contributed by atoms with E-state index in [-0.39, 0.29) is 16.9 Å². The molecule has 0 unspecified atom stereocenters. The molecule has 1 aromatic rings. The lowest BCUT2D eigenvalue weighted by molar-refractivity contribution is 0.0686. The van der Waals surface area contributed by atoms with Gasteiger partial charge in [0.15, 0.2) is 11.4 Å². The minimum absolute atomic E-state index is 0.0110. The normalized spacial score (nSPS) is 9.64. The Bertz CT molecular complexity index is 354. The predicted molar refractivity (Wildman–Crippen MR) is 47.6 cm³/mol. The number of aromatic carboxylic acids is 1. The molecule has 0 fully saturated rings.